The number of rotatable bonds is 6. The number of hydrogen-bond donors (Lipinski definition) is 0. The van der Waals surface area contributed by atoms with Gasteiger partial charge in [-0.15, -0.1) is 0 Å². The highest BCUT2D eigenvalue weighted by Gasteiger charge is 2.43. The summed E-state index contributed by atoms with van der Waals surface area (Å²) in [6, 6.07) is 6.19. The fourth-order valence-corrected chi connectivity index (χ4v) is 4.13. The summed E-state index contributed by atoms with van der Waals surface area (Å²) in [4.78, 5) is 5.76. The van der Waals surface area contributed by atoms with Crippen LogP contribution in [0.4, 0.5) is 0 Å². The maximum atomic E-state index is 6.44. The first-order valence-corrected chi connectivity index (χ1v) is 10.5. The molecule has 4 rings (SSSR count). The Hall–Kier alpha value is -1.75. The van der Waals surface area contributed by atoms with Crippen LogP contribution in [0.25, 0.3) is 0 Å². The van der Waals surface area contributed by atoms with Crippen molar-refractivity contribution in [3.8, 4) is 11.5 Å². The van der Waals surface area contributed by atoms with E-state index in [9.17, 15) is 0 Å². The molecule has 2 fully saturated rings. The lowest BCUT2D eigenvalue weighted by molar-refractivity contribution is -0.0237. The Morgan fingerprint density at radius 2 is 2.00 bits per heavy atom. The van der Waals surface area contributed by atoms with Gasteiger partial charge in [0.05, 0.1) is 31.6 Å². The lowest BCUT2D eigenvalue weighted by Gasteiger charge is -2.20. The summed E-state index contributed by atoms with van der Waals surface area (Å²) in [5, 5.41) is 4.38. The first kappa shape index (κ1) is 18.6. The first-order chi connectivity index (χ1) is 13.3. The van der Waals surface area contributed by atoms with Crippen molar-refractivity contribution in [2.75, 3.05) is 19.8 Å². The lowest BCUT2D eigenvalue weighted by atomic mass is 9.93. The van der Waals surface area contributed by atoms with Crippen LogP contribution in [0.3, 0.4) is 0 Å². The van der Waals surface area contributed by atoms with Crippen molar-refractivity contribution < 1.29 is 19.0 Å². The van der Waals surface area contributed by atoms with Gasteiger partial charge < -0.3 is 19.0 Å². The van der Waals surface area contributed by atoms with E-state index < -0.39 is 0 Å². The third kappa shape index (κ3) is 4.40. The summed E-state index contributed by atoms with van der Waals surface area (Å²) in [7, 11) is 0. The zero-order chi connectivity index (χ0) is 18.5. The average molecular weight is 373 g/mol. The summed E-state index contributed by atoms with van der Waals surface area (Å²) >= 11 is 0. The predicted molar refractivity (Wildman–Crippen MR) is 105 cm³/mol. The van der Waals surface area contributed by atoms with Crippen LogP contribution >= 0.6 is 0 Å². The van der Waals surface area contributed by atoms with Gasteiger partial charge in [0.15, 0.2) is 17.1 Å². The molecular weight excluding hydrogens is 342 g/mol. The highest BCUT2D eigenvalue weighted by Crippen LogP contribution is 2.37. The van der Waals surface area contributed by atoms with Gasteiger partial charge in [0.25, 0.3) is 0 Å². The number of nitrogens with zero attached hydrogens (tertiary/aromatic N) is 1. The second-order valence-electron chi connectivity index (χ2n) is 8.03. The van der Waals surface area contributed by atoms with Gasteiger partial charge in [-0.25, -0.2) is 0 Å². The largest absolute Gasteiger partial charge is 0.490 e. The molecule has 148 valence electrons. The Bertz CT molecular complexity index is 658. The molecule has 0 aromatic heterocycles. The van der Waals surface area contributed by atoms with Gasteiger partial charge in [0.2, 0.25) is 0 Å². The molecule has 2 heterocycles. The lowest BCUT2D eigenvalue weighted by Crippen LogP contribution is -2.29. The fraction of sp³-hybridized carbons (Fsp3) is 0.682. The van der Waals surface area contributed by atoms with Crippen LogP contribution in [0, 0.1) is 0 Å². The van der Waals surface area contributed by atoms with Crippen LogP contribution in [-0.4, -0.2) is 37.2 Å². The quantitative estimate of drug-likeness (QED) is 0.668. The predicted octanol–water partition coefficient (Wildman–Crippen LogP) is 4.86. The van der Waals surface area contributed by atoms with E-state index >= 15 is 0 Å². The van der Waals surface area contributed by atoms with E-state index in [1.54, 1.807) is 0 Å². The van der Waals surface area contributed by atoms with E-state index in [1.807, 2.05) is 6.07 Å². The molecule has 1 atom stereocenters. The Kier molecular flexibility index (Phi) is 5.86. The van der Waals surface area contributed by atoms with Crippen molar-refractivity contribution in [2.24, 2.45) is 5.16 Å². The standard InChI is InChI=1S/C22H31NO4/c1-2-12-25-20-10-9-17(19-15-22(27-23-19)11-13-24-16-22)14-21(20)26-18-7-5-3-4-6-8-18/h9-10,14,18H,2-8,11-13,15-16H2,1H3. The third-order valence-corrected chi connectivity index (χ3v) is 5.74. The molecule has 0 amide bonds. The first-order valence-electron chi connectivity index (χ1n) is 10.5. The summed E-state index contributed by atoms with van der Waals surface area (Å²) in [6.45, 7) is 4.20. The summed E-state index contributed by atoms with van der Waals surface area (Å²) < 4.78 is 17.9. The van der Waals surface area contributed by atoms with Crippen molar-refractivity contribution >= 4 is 5.71 Å². The van der Waals surface area contributed by atoms with Crippen molar-refractivity contribution in [3.05, 3.63) is 23.8 Å². The molecule has 1 spiro atoms. The number of hydrogen-bond acceptors (Lipinski definition) is 5. The van der Waals surface area contributed by atoms with Gasteiger partial charge in [-0.05, 0) is 50.3 Å². The fourth-order valence-electron chi connectivity index (χ4n) is 4.13. The minimum absolute atomic E-state index is 0.255. The minimum Gasteiger partial charge on any atom is -0.490 e. The van der Waals surface area contributed by atoms with Gasteiger partial charge in [-0.2, -0.15) is 0 Å². The highest BCUT2D eigenvalue weighted by molar-refractivity contribution is 6.02. The van der Waals surface area contributed by atoms with Gasteiger partial charge in [-0.1, -0.05) is 24.9 Å². The number of ether oxygens (including phenoxy) is 3. The smallest absolute Gasteiger partial charge is 0.168 e. The average Bonchev–Trinajstić information content (AvgIpc) is 3.25. The molecule has 5 heteroatoms. The van der Waals surface area contributed by atoms with Gasteiger partial charge in [0, 0.05) is 18.4 Å². The zero-order valence-electron chi connectivity index (χ0n) is 16.4. The van der Waals surface area contributed by atoms with Crippen LogP contribution < -0.4 is 9.47 Å². The van der Waals surface area contributed by atoms with Crippen LogP contribution in [0.2, 0.25) is 0 Å². The molecule has 27 heavy (non-hydrogen) atoms. The van der Waals surface area contributed by atoms with E-state index in [1.165, 1.54) is 25.7 Å². The van der Waals surface area contributed by atoms with Crippen LogP contribution in [0.1, 0.15) is 70.3 Å². The number of oxime groups is 1. The second-order valence-corrected chi connectivity index (χ2v) is 8.03. The molecule has 3 aliphatic rings. The Labute approximate surface area is 162 Å². The van der Waals surface area contributed by atoms with Crippen LogP contribution in [0.5, 0.6) is 11.5 Å². The van der Waals surface area contributed by atoms with Crippen molar-refractivity contribution in [1.29, 1.82) is 0 Å². The van der Waals surface area contributed by atoms with E-state index in [4.69, 9.17) is 19.0 Å². The van der Waals surface area contributed by atoms with Gasteiger partial charge in [-0.3, -0.25) is 0 Å². The Balaban J connectivity index is 1.52. The molecule has 5 nitrogen and oxygen atoms in total. The molecule has 0 N–H and O–H groups in total. The second kappa shape index (κ2) is 8.51. The molecule has 1 aromatic carbocycles. The molecule has 1 unspecified atom stereocenters. The Morgan fingerprint density at radius 1 is 1.15 bits per heavy atom. The maximum Gasteiger partial charge on any atom is 0.168 e. The SMILES string of the molecule is CCCOc1ccc(C2=NOC3(CCOC3)C2)cc1OC1CCCCCC1. The van der Waals surface area contributed by atoms with Crippen LogP contribution in [-0.2, 0) is 9.57 Å². The highest BCUT2D eigenvalue weighted by atomic mass is 16.7. The maximum absolute atomic E-state index is 6.44. The molecule has 2 aliphatic heterocycles. The number of benzene rings is 1. The molecule has 0 radical (unpaired) electrons. The minimum atomic E-state index is -0.255. The van der Waals surface area contributed by atoms with Gasteiger partial charge in [0.1, 0.15) is 0 Å². The van der Waals surface area contributed by atoms with Gasteiger partial charge >= 0.3 is 0 Å². The molecular formula is C22H31NO4. The van der Waals surface area contributed by atoms with Crippen molar-refractivity contribution in [1.82, 2.24) is 0 Å². The molecule has 0 bridgehead atoms. The zero-order valence-corrected chi connectivity index (χ0v) is 16.4. The summed E-state index contributed by atoms with van der Waals surface area (Å²) in [5.41, 5.74) is 1.79. The van der Waals surface area contributed by atoms with Crippen molar-refractivity contribution in [2.45, 2.75) is 76.4 Å². The van der Waals surface area contributed by atoms with Crippen molar-refractivity contribution in [3.63, 3.8) is 0 Å². The Morgan fingerprint density at radius 3 is 2.74 bits per heavy atom. The third-order valence-electron chi connectivity index (χ3n) is 5.74. The monoisotopic (exact) mass is 373 g/mol. The molecule has 1 aromatic rings. The normalized spacial score (nSPS) is 25.9. The molecule has 1 saturated carbocycles. The van der Waals surface area contributed by atoms with E-state index in [0.717, 1.165) is 61.5 Å². The van der Waals surface area contributed by atoms with E-state index in [2.05, 4.69) is 24.2 Å². The molecule has 1 saturated heterocycles. The van der Waals surface area contributed by atoms with Crippen LogP contribution in [0.15, 0.2) is 23.4 Å². The van der Waals surface area contributed by atoms with E-state index in [0.29, 0.717) is 13.2 Å². The summed E-state index contributed by atoms with van der Waals surface area (Å²) in [6.07, 6.45) is 10.3. The van der Waals surface area contributed by atoms with E-state index in [-0.39, 0.29) is 11.7 Å². The summed E-state index contributed by atoms with van der Waals surface area (Å²) in [5.74, 6) is 1.68. The topological polar surface area (TPSA) is 49.3 Å². The molecule has 1 aliphatic carbocycles.